The summed E-state index contributed by atoms with van der Waals surface area (Å²) in [7, 11) is 0. The molecule has 0 saturated heterocycles. The lowest BCUT2D eigenvalue weighted by molar-refractivity contribution is 0.0696. The molecule has 2 aromatic rings. The van der Waals surface area contributed by atoms with Gasteiger partial charge in [-0.05, 0) is 36.2 Å². The summed E-state index contributed by atoms with van der Waals surface area (Å²) in [5.41, 5.74) is 0.672. The fourth-order valence-corrected chi connectivity index (χ4v) is 1.57. The van der Waals surface area contributed by atoms with Crippen LogP contribution in [0, 0.1) is 0 Å². The molecule has 0 bridgehead atoms. The van der Waals surface area contributed by atoms with Gasteiger partial charge in [0.05, 0.1) is 5.56 Å². The number of carbonyl (C=O) groups is 1. The number of hydrogen-bond donors (Lipinski definition) is 6. The van der Waals surface area contributed by atoms with Crippen molar-refractivity contribution in [1.82, 2.24) is 0 Å². The minimum absolute atomic E-state index is 0.0458. The number of carboxylic acid groups (broad SMARTS) is 1. The lowest BCUT2D eigenvalue weighted by Crippen LogP contribution is -1.94. The number of rotatable bonds is 3. The molecular formula is C15H16O7. The SMILES string of the molecule is O=C(O)c1cc(O)cc(O)c1.OCCc1ccc(O)c(O)c1. The van der Waals surface area contributed by atoms with Gasteiger partial charge in [-0.1, -0.05) is 6.07 Å². The fourth-order valence-electron chi connectivity index (χ4n) is 1.57. The van der Waals surface area contributed by atoms with Crippen LogP contribution >= 0.6 is 0 Å². The molecule has 0 radical (unpaired) electrons. The summed E-state index contributed by atoms with van der Waals surface area (Å²) in [6.07, 6.45) is 0.494. The highest BCUT2D eigenvalue weighted by molar-refractivity contribution is 5.88. The van der Waals surface area contributed by atoms with Crippen LogP contribution in [-0.2, 0) is 6.42 Å². The number of aromatic carboxylic acids is 1. The third kappa shape index (κ3) is 5.22. The van der Waals surface area contributed by atoms with Gasteiger partial charge in [0, 0.05) is 12.7 Å². The number of aliphatic hydroxyl groups excluding tert-OH is 1. The van der Waals surface area contributed by atoms with Crippen LogP contribution < -0.4 is 0 Å². The van der Waals surface area contributed by atoms with Gasteiger partial charge in [-0.25, -0.2) is 4.79 Å². The molecule has 2 rings (SSSR count). The zero-order chi connectivity index (χ0) is 16.7. The molecule has 0 unspecified atom stereocenters. The Kier molecular flexibility index (Phi) is 6.03. The predicted molar refractivity (Wildman–Crippen MR) is 77.3 cm³/mol. The topological polar surface area (TPSA) is 138 Å². The molecule has 0 saturated carbocycles. The number of phenolic OH excluding ortho intramolecular Hbond substituents is 4. The van der Waals surface area contributed by atoms with E-state index in [0.717, 1.165) is 23.8 Å². The summed E-state index contributed by atoms with van der Waals surface area (Å²) in [6.45, 7) is 0.0458. The maximum absolute atomic E-state index is 10.3. The van der Waals surface area contributed by atoms with Gasteiger partial charge in [0.1, 0.15) is 11.5 Å². The van der Waals surface area contributed by atoms with Crippen LogP contribution in [0.4, 0.5) is 0 Å². The number of aromatic hydroxyl groups is 4. The normalized spacial score (nSPS) is 9.68. The van der Waals surface area contributed by atoms with E-state index in [2.05, 4.69) is 0 Å². The van der Waals surface area contributed by atoms with E-state index in [0.29, 0.717) is 6.42 Å². The second-order valence-electron chi connectivity index (χ2n) is 4.34. The Morgan fingerprint density at radius 3 is 1.91 bits per heavy atom. The van der Waals surface area contributed by atoms with Crippen molar-refractivity contribution in [3.05, 3.63) is 47.5 Å². The Labute approximate surface area is 126 Å². The van der Waals surface area contributed by atoms with Crippen LogP contribution in [0.5, 0.6) is 23.0 Å². The van der Waals surface area contributed by atoms with Crippen molar-refractivity contribution >= 4 is 5.97 Å². The van der Waals surface area contributed by atoms with Gasteiger partial charge in [-0.3, -0.25) is 0 Å². The van der Waals surface area contributed by atoms with Crippen LogP contribution in [0.2, 0.25) is 0 Å². The van der Waals surface area contributed by atoms with E-state index in [-0.39, 0.29) is 35.2 Å². The van der Waals surface area contributed by atoms with E-state index in [1.54, 1.807) is 6.07 Å². The molecule has 0 atom stereocenters. The number of benzene rings is 2. The molecule has 7 nitrogen and oxygen atoms in total. The fraction of sp³-hybridized carbons (Fsp3) is 0.133. The Morgan fingerprint density at radius 1 is 0.864 bits per heavy atom. The average molecular weight is 308 g/mol. The van der Waals surface area contributed by atoms with Crippen LogP contribution in [-0.4, -0.2) is 43.2 Å². The third-order valence-electron chi connectivity index (χ3n) is 2.59. The summed E-state index contributed by atoms with van der Waals surface area (Å²) >= 11 is 0. The second-order valence-corrected chi connectivity index (χ2v) is 4.34. The van der Waals surface area contributed by atoms with E-state index in [9.17, 15) is 4.79 Å². The van der Waals surface area contributed by atoms with Crippen LogP contribution in [0.1, 0.15) is 15.9 Å². The third-order valence-corrected chi connectivity index (χ3v) is 2.59. The van der Waals surface area contributed by atoms with Gasteiger partial charge in [-0.15, -0.1) is 0 Å². The number of carboxylic acids is 1. The Balaban J connectivity index is 0.000000220. The highest BCUT2D eigenvalue weighted by Gasteiger charge is 2.04. The summed E-state index contributed by atoms with van der Waals surface area (Å²) in [6, 6.07) is 7.67. The van der Waals surface area contributed by atoms with Gasteiger partial charge in [0.2, 0.25) is 0 Å². The van der Waals surface area contributed by atoms with Crippen LogP contribution in [0.25, 0.3) is 0 Å². The standard InChI is InChI=1S/C8H10O3.C7H6O4/c9-4-3-6-1-2-7(10)8(11)5-6;8-5-1-4(7(10)11)2-6(9)3-5/h1-2,5,9-11H,3-4H2;1-3,8-9H,(H,10,11). The molecule has 0 fully saturated rings. The Bertz CT molecular complexity index is 632. The van der Waals surface area contributed by atoms with Crippen molar-refractivity contribution < 1.29 is 35.4 Å². The van der Waals surface area contributed by atoms with Crippen molar-refractivity contribution in [2.75, 3.05) is 6.61 Å². The average Bonchev–Trinajstić information content (AvgIpc) is 2.43. The summed E-state index contributed by atoms with van der Waals surface area (Å²) < 4.78 is 0. The molecule has 0 aliphatic rings. The molecule has 118 valence electrons. The minimum atomic E-state index is -1.18. The number of aliphatic hydroxyl groups is 1. The molecule has 2 aromatic carbocycles. The van der Waals surface area contributed by atoms with E-state index in [4.69, 9.17) is 30.6 Å². The molecule has 22 heavy (non-hydrogen) atoms. The molecule has 0 amide bonds. The Morgan fingerprint density at radius 2 is 1.45 bits per heavy atom. The molecular weight excluding hydrogens is 292 g/mol. The Hall–Kier alpha value is -2.93. The van der Waals surface area contributed by atoms with Crippen molar-refractivity contribution in [2.45, 2.75) is 6.42 Å². The highest BCUT2D eigenvalue weighted by atomic mass is 16.4. The molecule has 0 heterocycles. The van der Waals surface area contributed by atoms with Crippen molar-refractivity contribution in [3.8, 4) is 23.0 Å². The maximum atomic E-state index is 10.3. The van der Waals surface area contributed by atoms with Gasteiger partial charge in [-0.2, -0.15) is 0 Å². The quantitative estimate of drug-likeness (QED) is 0.471. The van der Waals surface area contributed by atoms with Crippen LogP contribution in [0.15, 0.2) is 36.4 Å². The molecule has 6 N–H and O–H groups in total. The molecule has 0 aliphatic carbocycles. The van der Waals surface area contributed by atoms with Gasteiger partial charge < -0.3 is 30.6 Å². The molecule has 0 aromatic heterocycles. The van der Waals surface area contributed by atoms with Crippen molar-refractivity contribution in [1.29, 1.82) is 0 Å². The first-order valence-electron chi connectivity index (χ1n) is 6.21. The number of hydrogen-bond acceptors (Lipinski definition) is 6. The zero-order valence-electron chi connectivity index (χ0n) is 11.5. The molecule has 0 spiro atoms. The lowest BCUT2D eigenvalue weighted by atomic mass is 10.1. The second kappa shape index (κ2) is 7.75. The summed E-state index contributed by atoms with van der Waals surface area (Å²) in [4.78, 5) is 10.3. The first-order valence-corrected chi connectivity index (χ1v) is 6.21. The smallest absolute Gasteiger partial charge is 0.335 e. The number of phenols is 4. The highest BCUT2D eigenvalue weighted by Crippen LogP contribution is 2.24. The summed E-state index contributed by atoms with van der Waals surface area (Å²) in [5, 5.41) is 52.5. The van der Waals surface area contributed by atoms with Crippen molar-refractivity contribution in [2.24, 2.45) is 0 Å². The van der Waals surface area contributed by atoms with E-state index < -0.39 is 5.97 Å². The zero-order valence-corrected chi connectivity index (χ0v) is 11.5. The lowest BCUT2D eigenvalue weighted by Gasteiger charge is -2.00. The van der Waals surface area contributed by atoms with Crippen LogP contribution in [0.3, 0.4) is 0 Å². The van der Waals surface area contributed by atoms with Gasteiger partial charge >= 0.3 is 5.97 Å². The summed E-state index contributed by atoms with van der Waals surface area (Å²) in [5.74, 6) is -1.98. The van der Waals surface area contributed by atoms with Gasteiger partial charge in [0.25, 0.3) is 0 Å². The molecule has 0 aliphatic heterocycles. The largest absolute Gasteiger partial charge is 0.508 e. The van der Waals surface area contributed by atoms with E-state index >= 15 is 0 Å². The van der Waals surface area contributed by atoms with E-state index in [1.807, 2.05) is 0 Å². The van der Waals surface area contributed by atoms with Crippen molar-refractivity contribution in [3.63, 3.8) is 0 Å². The molecule has 7 heteroatoms. The van der Waals surface area contributed by atoms with Gasteiger partial charge in [0.15, 0.2) is 11.5 Å². The minimum Gasteiger partial charge on any atom is -0.508 e. The van der Waals surface area contributed by atoms with E-state index in [1.165, 1.54) is 12.1 Å². The first kappa shape index (κ1) is 17.1. The first-order chi connectivity index (χ1) is 10.3. The maximum Gasteiger partial charge on any atom is 0.335 e. The predicted octanol–water partition coefficient (Wildman–Crippen LogP) is 1.43. The monoisotopic (exact) mass is 308 g/mol.